The molecule has 2 aromatic carbocycles. The summed E-state index contributed by atoms with van der Waals surface area (Å²) in [5.41, 5.74) is 3.04. The van der Waals surface area contributed by atoms with Crippen LogP contribution in [-0.4, -0.2) is 37.0 Å². The van der Waals surface area contributed by atoms with E-state index in [1.54, 1.807) is 10.9 Å². The molecule has 3 aromatic rings. The van der Waals surface area contributed by atoms with E-state index >= 15 is 0 Å². The quantitative estimate of drug-likeness (QED) is 0.246. The molecule has 0 saturated carbocycles. The highest BCUT2D eigenvalue weighted by Gasteiger charge is 2.11. The molecule has 0 fully saturated rings. The van der Waals surface area contributed by atoms with E-state index in [1.165, 1.54) is 18.2 Å². The molecule has 0 bridgehead atoms. The van der Waals surface area contributed by atoms with E-state index in [0.29, 0.717) is 30.2 Å². The van der Waals surface area contributed by atoms with Crippen LogP contribution < -0.4 is 10.6 Å². The fraction of sp³-hybridized carbons (Fsp3) is 0.273. The minimum atomic E-state index is -3.23. The molecular formula is C22H27FIN5O2S. The van der Waals surface area contributed by atoms with E-state index in [0.717, 1.165) is 17.5 Å². The summed E-state index contributed by atoms with van der Waals surface area (Å²) in [4.78, 5) is 4.56. The van der Waals surface area contributed by atoms with Gasteiger partial charge in [0.25, 0.3) is 0 Å². The molecule has 0 aliphatic carbocycles. The van der Waals surface area contributed by atoms with Gasteiger partial charge in [-0.1, -0.05) is 24.3 Å². The van der Waals surface area contributed by atoms with Crippen LogP contribution in [0.5, 0.6) is 0 Å². The first kappa shape index (κ1) is 25.8. The summed E-state index contributed by atoms with van der Waals surface area (Å²) in [6.45, 7) is 3.25. The highest BCUT2D eigenvalue weighted by molar-refractivity contribution is 14.0. The molecule has 0 amide bonds. The lowest BCUT2D eigenvalue weighted by Gasteiger charge is -2.14. The molecule has 172 valence electrons. The van der Waals surface area contributed by atoms with Gasteiger partial charge in [0.05, 0.1) is 24.2 Å². The first-order chi connectivity index (χ1) is 14.8. The standard InChI is InChI=1S/C22H26FN5O2S.HI/c1-3-24-22(25-12-17-13-27-28(15-17)21-7-5-4-6-8-21)26-14-19-11-20(23)10-9-18(19)16-31(2,29)30;/h4-11,13,15H,3,12,14,16H2,1-2H3,(H2,24,25,26);1H. The van der Waals surface area contributed by atoms with Gasteiger partial charge in [-0.2, -0.15) is 5.10 Å². The van der Waals surface area contributed by atoms with E-state index in [2.05, 4.69) is 20.7 Å². The Morgan fingerprint density at radius 2 is 1.88 bits per heavy atom. The van der Waals surface area contributed by atoms with Crippen LogP contribution in [0.3, 0.4) is 0 Å². The summed E-state index contributed by atoms with van der Waals surface area (Å²) < 4.78 is 38.9. The van der Waals surface area contributed by atoms with Crippen molar-refractivity contribution in [2.75, 3.05) is 12.8 Å². The van der Waals surface area contributed by atoms with Crippen LogP contribution in [0.2, 0.25) is 0 Å². The summed E-state index contributed by atoms with van der Waals surface area (Å²) >= 11 is 0. The zero-order chi connectivity index (χ0) is 22.3. The van der Waals surface area contributed by atoms with Crippen LogP contribution >= 0.6 is 24.0 Å². The lowest BCUT2D eigenvalue weighted by Crippen LogP contribution is -2.37. The Hall–Kier alpha value is -2.47. The summed E-state index contributed by atoms with van der Waals surface area (Å²) in [6.07, 6.45) is 4.84. The van der Waals surface area contributed by atoms with Crippen molar-refractivity contribution in [2.45, 2.75) is 25.8 Å². The maximum Gasteiger partial charge on any atom is 0.191 e. The third-order valence-corrected chi connectivity index (χ3v) is 5.29. The average Bonchev–Trinajstić information content (AvgIpc) is 3.20. The van der Waals surface area contributed by atoms with Gasteiger partial charge in [0, 0.05) is 31.1 Å². The van der Waals surface area contributed by atoms with Gasteiger partial charge in [-0.25, -0.2) is 22.5 Å². The maximum absolute atomic E-state index is 13.7. The second-order valence-electron chi connectivity index (χ2n) is 7.16. The van der Waals surface area contributed by atoms with Crippen LogP contribution in [-0.2, 0) is 28.7 Å². The molecular weight excluding hydrogens is 544 g/mol. The molecule has 0 radical (unpaired) electrons. The lowest BCUT2D eigenvalue weighted by molar-refractivity contribution is 0.599. The lowest BCUT2D eigenvalue weighted by atomic mass is 10.1. The van der Waals surface area contributed by atoms with E-state index in [4.69, 9.17) is 0 Å². The zero-order valence-electron chi connectivity index (χ0n) is 18.0. The smallest absolute Gasteiger partial charge is 0.191 e. The van der Waals surface area contributed by atoms with Gasteiger partial charge in [0.1, 0.15) is 5.82 Å². The fourth-order valence-electron chi connectivity index (χ4n) is 3.04. The number of aromatic nitrogens is 2. The summed E-state index contributed by atoms with van der Waals surface area (Å²) in [6, 6.07) is 13.9. The van der Waals surface area contributed by atoms with Crippen LogP contribution in [0.4, 0.5) is 4.39 Å². The number of rotatable bonds is 8. The maximum atomic E-state index is 13.7. The second kappa shape index (κ2) is 12.0. The van der Waals surface area contributed by atoms with Crippen molar-refractivity contribution >= 4 is 39.8 Å². The van der Waals surface area contributed by atoms with Crippen molar-refractivity contribution < 1.29 is 12.8 Å². The van der Waals surface area contributed by atoms with Gasteiger partial charge in [-0.3, -0.25) is 0 Å². The molecule has 32 heavy (non-hydrogen) atoms. The van der Waals surface area contributed by atoms with Crippen molar-refractivity contribution in [3.63, 3.8) is 0 Å². The Labute approximate surface area is 205 Å². The number of nitrogens with zero attached hydrogens (tertiary/aromatic N) is 3. The van der Waals surface area contributed by atoms with Crippen molar-refractivity contribution in [1.82, 2.24) is 20.4 Å². The topological polar surface area (TPSA) is 88.4 Å². The molecule has 1 aromatic heterocycles. The Kier molecular flexibility index (Phi) is 9.63. The summed E-state index contributed by atoms with van der Waals surface area (Å²) in [5.74, 6) is -0.00903. The van der Waals surface area contributed by atoms with Crippen molar-refractivity contribution in [1.29, 1.82) is 0 Å². The van der Waals surface area contributed by atoms with Gasteiger partial charge in [-0.05, 0) is 42.3 Å². The minimum absolute atomic E-state index is 0. The van der Waals surface area contributed by atoms with Crippen molar-refractivity contribution in [2.24, 2.45) is 4.99 Å². The largest absolute Gasteiger partial charge is 0.357 e. The van der Waals surface area contributed by atoms with Crippen LogP contribution in [0, 0.1) is 5.82 Å². The molecule has 0 saturated heterocycles. The molecule has 2 N–H and O–H groups in total. The molecule has 0 spiro atoms. The normalized spacial score (nSPS) is 11.7. The number of para-hydroxylation sites is 1. The van der Waals surface area contributed by atoms with Gasteiger partial charge in [-0.15, -0.1) is 24.0 Å². The Morgan fingerprint density at radius 3 is 2.56 bits per heavy atom. The van der Waals surface area contributed by atoms with Crippen molar-refractivity contribution in [3.8, 4) is 5.69 Å². The summed E-state index contributed by atoms with van der Waals surface area (Å²) in [5, 5.41) is 10.7. The average molecular weight is 571 g/mol. The minimum Gasteiger partial charge on any atom is -0.357 e. The number of sulfone groups is 1. The van der Waals surface area contributed by atoms with E-state index in [1.807, 2.05) is 43.5 Å². The zero-order valence-corrected chi connectivity index (χ0v) is 21.1. The van der Waals surface area contributed by atoms with Crippen molar-refractivity contribution in [3.05, 3.63) is 83.4 Å². The Balaban J connectivity index is 0.00000363. The van der Waals surface area contributed by atoms with E-state index in [9.17, 15) is 12.8 Å². The van der Waals surface area contributed by atoms with Crippen LogP contribution in [0.15, 0.2) is 65.9 Å². The van der Waals surface area contributed by atoms with Crippen LogP contribution in [0.25, 0.3) is 5.69 Å². The Bertz CT molecular complexity index is 1150. The molecule has 0 unspecified atom stereocenters. The van der Waals surface area contributed by atoms with Gasteiger partial charge >= 0.3 is 0 Å². The molecule has 7 nitrogen and oxygen atoms in total. The summed E-state index contributed by atoms with van der Waals surface area (Å²) in [7, 11) is -3.23. The SMILES string of the molecule is CCNC(=NCc1cnn(-c2ccccc2)c1)NCc1cc(F)ccc1CS(C)(=O)=O.I. The predicted molar refractivity (Wildman–Crippen MR) is 136 cm³/mol. The number of guanidine groups is 1. The third-order valence-electron chi connectivity index (χ3n) is 4.45. The first-order valence-electron chi connectivity index (χ1n) is 9.90. The van der Waals surface area contributed by atoms with Gasteiger partial charge in [0.15, 0.2) is 15.8 Å². The molecule has 0 aliphatic heterocycles. The predicted octanol–water partition coefficient (Wildman–Crippen LogP) is 3.43. The molecule has 0 atom stereocenters. The monoisotopic (exact) mass is 571 g/mol. The fourth-order valence-corrected chi connectivity index (χ4v) is 3.88. The Morgan fingerprint density at radius 1 is 1.12 bits per heavy atom. The molecule has 1 heterocycles. The van der Waals surface area contributed by atoms with Gasteiger partial charge < -0.3 is 10.6 Å². The van der Waals surface area contributed by atoms with Crippen LogP contribution in [0.1, 0.15) is 23.6 Å². The highest BCUT2D eigenvalue weighted by atomic mass is 127. The van der Waals surface area contributed by atoms with Gasteiger partial charge in [0.2, 0.25) is 0 Å². The number of aliphatic imine (C=N–C) groups is 1. The van der Waals surface area contributed by atoms with E-state index < -0.39 is 15.7 Å². The first-order valence-corrected chi connectivity index (χ1v) is 12.0. The molecule has 0 aliphatic rings. The second-order valence-corrected chi connectivity index (χ2v) is 9.30. The van der Waals surface area contributed by atoms with E-state index in [-0.39, 0.29) is 36.3 Å². The number of hydrogen-bond donors (Lipinski definition) is 2. The molecule has 10 heteroatoms. The highest BCUT2D eigenvalue weighted by Crippen LogP contribution is 2.14. The number of hydrogen-bond acceptors (Lipinski definition) is 4. The molecule has 3 rings (SSSR count). The number of nitrogens with one attached hydrogen (secondary N) is 2. The number of halogens is 2. The number of benzene rings is 2. The third kappa shape index (κ3) is 7.90.